The van der Waals surface area contributed by atoms with Gasteiger partial charge in [-0.2, -0.15) is 0 Å². The van der Waals surface area contributed by atoms with Crippen molar-refractivity contribution in [3.8, 4) is 0 Å². The second-order valence-corrected chi connectivity index (χ2v) is 5.56. The van der Waals surface area contributed by atoms with E-state index in [1.165, 1.54) is 25.7 Å². The van der Waals surface area contributed by atoms with Crippen molar-refractivity contribution in [2.24, 2.45) is 0 Å². The molecule has 0 bridgehead atoms. The van der Waals surface area contributed by atoms with Gasteiger partial charge in [0.25, 0.3) is 0 Å². The molecule has 2 amide bonds. The lowest BCUT2D eigenvalue weighted by Crippen LogP contribution is -2.37. The number of aromatic nitrogens is 1. The van der Waals surface area contributed by atoms with Crippen molar-refractivity contribution in [2.75, 3.05) is 0 Å². The molecule has 2 rings (SSSR count). The van der Waals surface area contributed by atoms with Gasteiger partial charge in [-0.05, 0) is 30.5 Å². The van der Waals surface area contributed by atoms with Gasteiger partial charge in [0, 0.05) is 25.0 Å². The van der Waals surface area contributed by atoms with Gasteiger partial charge in [-0.1, -0.05) is 25.7 Å². The van der Waals surface area contributed by atoms with Crippen LogP contribution in [0.5, 0.6) is 0 Å². The Morgan fingerprint density at radius 3 is 2.38 bits per heavy atom. The molecule has 0 radical (unpaired) electrons. The van der Waals surface area contributed by atoms with Crippen LogP contribution in [-0.2, 0) is 16.1 Å². The molecular formula is C16H23N3O2. The minimum atomic E-state index is -0.238. The second-order valence-electron chi connectivity index (χ2n) is 5.56. The maximum Gasteiger partial charge on any atom is 0.229 e. The molecule has 1 aromatic rings. The van der Waals surface area contributed by atoms with Gasteiger partial charge in [0.15, 0.2) is 0 Å². The second kappa shape index (κ2) is 8.39. The number of pyridine rings is 1. The van der Waals surface area contributed by atoms with E-state index >= 15 is 0 Å². The third kappa shape index (κ3) is 5.94. The van der Waals surface area contributed by atoms with Crippen LogP contribution >= 0.6 is 0 Å². The van der Waals surface area contributed by atoms with Gasteiger partial charge < -0.3 is 10.6 Å². The van der Waals surface area contributed by atoms with Crippen molar-refractivity contribution in [2.45, 2.75) is 57.5 Å². The first-order valence-corrected chi connectivity index (χ1v) is 7.69. The summed E-state index contributed by atoms with van der Waals surface area (Å²) in [6.07, 6.45) is 10.2. The highest BCUT2D eigenvalue weighted by Gasteiger charge is 2.16. The summed E-state index contributed by atoms with van der Waals surface area (Å²) in [6, 6.07) is 3.92. The third-order valence-electron chi connectivity index (χ3n) is 3.78. The van der Waals surface area contributed by atoms with E-state index in [9.17, 15) is 9.59 Å². The highest BCUT2D eigenvalue weighted by Crippen LogP contribution is 2.17. The maximum absolute atomic E-state index is 11.9. The summed E-state index contributed by atoms with van der Waals surface area (Å²) in [4.78, 5) is 27.5. The van der Waals surface area contributed by atoms with Crippen molar-refractivity contribution >= 4 is 11.8 Å². The molecule has 1 aromatic heterocycles. The number of hydrogen-bond acceptors (Lipinski definition) is 3. The number of rotatable bonds is 5. The largest absolute Gasteiger partial charge is 0.353 e. The van der Waals surface area contributed by atoms with Crippen LogP contribution in [0.25, 0.3) is 0 Å². The molecule has 114 valence electrons. The smallest absolute Gasteiger partial charge is 0.229 e. The number of nitrogens with one attached hydrogen (secondary N) is 2. The molecule has 21 heavy (non-hydrogen) atoms. The minimum absolute atomic E-state index is 0.0957. The summed E-state index contributed by atoms with van der Waals surface area (Å²) >= 11 is 0. The maximum atomic E-state index is 11.9. The average molecular weight is 289 g/mol. The van der Waals surface area contributed by atoms with Gasteiger partial charge in [0.1, 0.15) is 6.42 Å². The molecule has 1 saturated carbocycles. The van der Waals surface area contributed by atoms with Crippen molar-refractivity contribution in [1.82, 2.24) is 15.6 Å². The van der Waals surface area contributed by atoms with Gasteiger partial charge in [0.2, 0.25) is 11.8 Å². The summed E-state index contributed by atoms with van der Waals surface area (Å²) in [5, 5.41) is 5.73. The van der Waals surface area contributed by atoms with Crippen LogP contribution < -0.4 is 10.6 Å². The summed E-state index contributed by atoms with van der Waals surface area (Å²) < 4.78 is 0. The van der Waals surface area contributed by atoms with Gasteiger partial charge >= 0.3 is 0 Å². The molecule has 1 aliphatic carbocycles. The van der Waals surface area contributed by atoms with E-state index in [0.717, 1.165) is 18.4 Å². The zero-order valence-corrected chi connectivity index (χ0v) is 12.3. The topological polar surface area (TPSA) is 71.1 Å². The summed E-state index contributed by atoms with van der Waals surface area (Å²) in [5.41, 5.74) is 0.975. The van der Waals surface area contributed by atoms with Crippen molar-refractivity contribution in [3.05, 3.63) is 30.1 Å². The van der Waals surface area contributed by atoms with E-state index in [0.29, 0.717) is 6.54 Å². The number of hydrogen-bond donors (Lipinski definition) is 2. The fourth-order valence-corrected chi connectivity index (χ4v) is 2.61. The van der Waals surface area contributed by atoms with Crippen LogP contribution in [0, 0.1) is 0 Å². The Hall–Kier alpha value is -1.91. The third-order valence-corrected chi connectivity index (χ3v) is 3.78. The number of nitrogens with zero attached hydrogens (tertiary/aromatic N) is 1. The molecule has 5 heteroatoms. The van der Waals surface area contributed by atoms with E-state index in [4.69, 9.17) is 0 Å². The molecule has 0 unspecified atom stereocenters. The van der Waals surface area contributed by atoms with Crippen LogP contribution in [-0.4, -0.2) is 22.8 Å². The molecule has 1 fully saturated rings. The fourth-order valence-electron chi connectivity index (χ4n) is 2.61. The Bertz CT molecular complexity index is 454. The SMILES string of the molecule is O=C(CC(=O)NC1CCCCCC1)NCc1ccncc1. The van der Waals surface area contributed by atoms with Crippen LogP contribution in [0.3, 0.4) is 0 Å². The van der Waals surface area contributed by atoms with E-state index < -0.39 is 0 Å². The Balaban J connectivity index is 1.68. The summed E-state index contributed by atoms with van der Waals surface area (Å²) in [5.74, 6) is -0.410. The van der Waals surface area contributed by atoms with Gasteiger partial charge in [-0.3, -0.25) is 14.6 Å². The predicted octanol–water partition coefficient (Wildman–Crippen LogP) is 1.93. The average Bonchev–Trinajstić information content (AvgIpc) is 2.75. The molecule has 5 nitrogen and oxygen atoms in total. The van der Waals surface area contributed by atoms with Crippen LogP contribution in [0.1, 0.15) is 50.5 Å². The molecule has 0 aromatic carbocycles. The van der Waals surface area contributed by atoms with E-state index in [-0.39, 0.29) is 24.3 Å². The lowest BCUT2D eigenvalue weighted by Gasteiger charge is -2.16. The van der Waals surface area contributed by atoms with E-state index in [2.05, 4.69) is 15.6 Å². The molecule has 1 heterocycles. The van der Waals surface area contributed by atoms with Gasteiger partial charge in [0.05, 0.1) is 0 Å². The molecule has 0 atom stereocenters. The summed E-state index contributed by atoms with van der Waals surface area (Å²) in [7, 11) is 0. The van der Waals surface area contributed by atoms with Crippen molar-refractivity contribution in [3.63, 3.8) is 0 Å². The Kier molecular flexibility index (Phi) is 6.19. The lowest BCUT2D eigenvalue weighted by atomic mass is 10.1. The Morgan fingerprint density at radius 2 is 1.71 bits per heavy atom. The summed E-state index contributed by atoms with van der Waals surface area (Å²) in [6.45, 7) is 0.429. The van der Waals surface area contributed by atoms with E-state index in [1.807, 2.05) is 12.1 Å². The fraction of sp³-hybridized carbons (Fsp3) is 0.562. The van der Waals surface area contributed by atoms with Crippen LogP contribution in [0.15, 0.2) is 24.5 Å². The number of amides is 2. The van der Waals surface area contributed by atoms with Gasteiger partial charge in [-0.25, -0.2) is 0 Å². The monoisotopic (exact) mass is 289 g/mol. The zero-order chi connectivity index (χ0) is 14.9. The molecule has 0 aliphatic heterocycles. The van der Waals surface area contributed by atoms with Crippen LogP contribution in [0.4, 0.5) is 0 Å². The molecular weight excluding hydrogens is 266 g/mol. The molecule has 0 saturated heterocycles. The zero-order valence-electron chi connectivity index (χ0n) is 12.3. The van der Waals surface area contributed by atoms with E-state index in [1.54, 1.807) is 12.4 Å². The Morgan fingerprint density at radius 1 is 1.05 bits per heavy atom. The highest BCUT2D eigenvalue weighted by molar-refractivity contribution is 5.96. The Labute approximate surface area is 125 Å². The number of carbonyl (C=O) groups excluding carboxylic acids is 2. The van der Waals surface area contributed by atoms with Crippen molar-refractivity contribution in [1.29, 1.82) is 0 Å². The molecule has 1 aliphatic rings. The molecule has 0 spiro atoms. The predicted molar refractivity (Wildman–Crippen MR) is 80.3 cm³/mol. The first kappa shape index (κ1) is 15.5. The standard InChI is InChI=1S/C16H23N3O2/c20-15(18-12-13-7-9-17-10-8-13)11-16(21)19-14-5-3-1-2-4-6-14/h7-10,14H,1-6,11-12H2,(H,18,20)(H,19,21). The van der Waals surface area contributed by atoms with Crippen molar-refractivity contribution < 1.29 is 9.59 Å². The highest BCUT2D eigenvalue weighted by atomic mass is 16.2. The van der Waals surface area contributed by atoms with Crippen LogP contribution in [0.2, 0.25) is 0 Å². The quantitative estimate of drug-likeness (QED) is 0.642. The minimum Gasteiger partial charge on any atom is -0.353 e. The first-order chi connectivity index (χ1) is 10.2. The first-order valence-electron chi connectivity index (χ1n) is 7.69. The van der Waals surface area contributed by atoms with Gasteiger partial charge in [-0.15, -0.1) is 0 Å². The number of carbonyl (C=O) groups is 2. The lowest BCUT2D eigenvalue weighted by molar-refractivity contribution is -0.129. The molecule has 2 N–H and O–H groups in total. The normalized spacial score (nSPS) is 16.0.